The Bertz CT molecular complexity index is 762. The topological polar surface area (TPSA) is 42.0 Å². The van der Waals surface area contributed by atoms with Crippen LogP contribution in [0.15, 0.2) is 54.6 Å². The van der Waals surface area contributed by atoms with Gasteiger partial charge in [0.2, 0.25) is 0 Å². The molecule has 1 aliphatic heterocycles. The van der Waals surface area contributed by atoms with Crippen LogP contribution >= 0.6 is 11.6 Å². The number of carbonyl (C=O) groups excluding carboxylic acids is 1. The maximum atomic E-state index is 11.8. The predicted molar refractivity (Wildman–Crippen MR) is 120 cm³/mol. The summed E-state index contributed by atoms with van der Waals surface area (Å²) in [6.07, 6.45) is 1.59. The van der Waals surface area contributed by atoms with Crippen LogP contribution < -0.4 is 0 Å². The third-order valence-corrected chi connectivity index (χ3v) is 5.59. The van der Waals surface area contributed by atoms with E-state index in [0.29, 0.717) is 13.2 Å². The van der Waals surface area contributed by atoms with Crippen molar-refractivity contribution in [2.24, 2.45) is 0 Å². The SMILES string of the molecule is CCOC(=O)N1CCN(CCCOC(Cc2ccccc2)c2ccc(Cl)cc2)CC1. The molecule has 1 unspecified atom stereocenters. The standard InChI is InChI=1S/C24H31ClN2O3/c1-2-29-24(28)27-16-14-26(15-17-27)13-6-18-30-23(19-20-7-4-3-5-8-20)21-9-11-22(25)12-10-21/h3-5,7-12,23H,2,6,13-19H2,1H3. The smallest absolute Gasteiger partial charge is 0.409 e. The van der Waals surface area contributed by atoms with Crippen molar-refractivity contribution in [3.8, 4) is 0 Å². The Hall–Kier alpha value is -2.08. The zero-order chi connectivity index (χ0) is 21.2. The number of nitrogens with zero attached hydrogens (tertiary/aromatic N) is 2. The molecule has 162 valence electrons. The van der Waals surface area contributed by atoms with E-state index in [4.69, 9.17) is 21.1 Å². The molecule has 1 fully saturated rings. The normalized spacial score (nSPS) is 15.7. The van der Waals surface area contributed by atoms with Crippen molar-refractivity contribution in [1.29, 1.82) is 0 Å². The molecular formula is C24H31ClN2O3. The Morgan fingerprint density at radius 1 is 1.03 bits per heavy atom. The van der Waals surface area contributed by atoms with E-state index in [2.05, 4.69) is 29.2 Å². The van der Waals surface area contributed by atoms with Gasteiger partial charge in [0.25, 0.3) is 0 Å². The van der Waals surface area contributed by atoms with Crippen LogP contribution in [0.1, 0.15) is 30.6 Å². The van der Waals surface area contributed by atoms with E-state index in [9.17, 15) is 4.79 Å². The Kier molecular flexibility index (Phi) is 9.00. The number of piperazine rings is 1. The zero-order valence-electron chi connectivity index (χ0n) is 17.6. The van der Waals surface area contributed by atoms with Gasteiger partial charge in [0.15, 0.2) is 0 Å². The fraction of sp³-hybridized carbons (Fsp3) is 0.458. The second kappa shape index (κ2) is 11.9. The maximum Gasteiger partial charge on any atom is 0.409 e. The number of hydrogen-bond donors (Lipinski definition) is 0. The first-order valence-electron chi connectivity index (χ1n) is 10.7. The number of amides is 1. The van der Waals surface area contributed by atoms with Gasteiger partial charge in [-0.25, -0.2) is 4.79 Å². The van der Waals surface area contributed by atoms with Crippen LogP contribution in [0.25, 0.3) is 0 Å². The van der Waals surface area contributed by atoms with Crippen molar-refractivity contribution in [2.45, 2.75) is 25.9 Å². The summed E-state index contributed by atoms with van der Waals surface area (Å²) in [5.74, 6) is 0. The molecule has 1 saturated heterocycles. The molecule has 6 heteroatoms. The van der Waals surface area contributed by atoms with E-state index in [-0.39, 0.29) is 12.2 Å². The molecular weight excluding hydrogens is 400 g/mol. The minimum Gasteiger partial charge on any atom is -0.450 e. The third-order valence-electron chi connectivity index (χ3n) is 5.34. The zero-order valence-corrected chi connectivity index (χ0v) is 18.4. The molecule has 1 aliphatic rings. The molecule has 0 radical (unpaired) electrons. The molecule has 2 aromatic rings. The summed E-state index contributed by atoms with van der Waals surface area (Å²) in [5.41, 5.74) is 2.40. The second-order valence-electron chi connectivity index (χ2n) is 7.48. The second-order valence-corrected chi connectivity index (χ2v) is 7.92. The number of hydrogen-bond acceptors (Lipinski definition) is 4. The Morgan fingerprint density at radius 2 is 1.73 bits per heavy atom. The van der Waals surface area contributed by atoms with Crippen LogP contribution in [0.4, 0.5) is 4.79 Å². The molecule has 5 nitrogen and oxygen atoms in total. The van der Waals surface area contributed by atoms with Crippen molar-refractivity contribution < 1.29 is 14.3 Å². The van der Waals surface area contributed by atoms with Crippen LogP contribution in [0.2, 0.25) is 5.02 Å². The molecule has 1 heterocycles. The van der Waals surface area contributed by atoms with E-state index in [1.807, 2.05) is 37.3 Å². The first-order valence-corrected chi connectivity index (χ1v) is 11.1. The Morgan fingerprint density at radius 3 is 2.40 bits per heavy atom. The van der Waals surface area contributed by atoms with Crippen LogP contribution in [-0.4, -0.2) is 61.8 Å². The molecule has 0 saturated carbocycles. The Labute approximate surface area is 184 Å². The summed E-state index contributed by atoms with van der Waals surface area (Å²) in [6, 6.07) is 18.3. The molecule has 1 atom stereocenters. The summed E-state index contributed by atoms with van der Waals surface area (Å²) >= 11 is 6.06. The lowest BCUT2D eigenvalue weighted by Gasteiger charge is -2.34. The van der Waals surface area contributed by atoms with Gasteiger partial charge in [-0.1, -0.05) is 54.1 Å². The molecule has 0 bridgehead atoms. The summed E-state index contributed by atoms with van der Waals surface area (Å²) in [4.78, 5) is 16.0. The predicted octanol–water partition coefficient (Wildman–Crippen LogP) is 4.80. The van der Waals surface area contributed by atoms with Gasteiger partial charge < -0.3 is 14.4 Å². The molecule has 0 spiro atoms. The maximum absolute atomic E-state index is 11.8. The third kappa shape index (κ3) is 7.01. The van der Waals surface area contributed by atoms with Gasteiger partial charge in [-0.05, 0) is 36.6 Å². The van der Waals surface area contributed by atoms with Crippen LogP contribution in [0, 0.1) is 0 Å². The fourth-order valence-corrected chi connectivity index (χ4v) is 3.79. The first kappa shape index (κ1) is 22.6. The minimum absolute atomic E-state index is 0.00493. The highest BCUT2D eigenvalue weighted by atomic mass is 35.5. The van der Waals surface area contributed by atoms with E-state index in [1.54, 1.807) is 4.90 Å². The van der Waals surface area contributed by atoms with Gasteiger partial charge in [-0.15, -0.1) is 0 Å². The molecule has 0 aliphatic carbocycles. The number of rotatable bonds is 9. The van der Waals surface area contributed by atoms with Gasteiger partial charge in [0, 0.05) is 50.8 Å². The van der Waals surface area contributed by atoms with Gasteiger partial charge in [0.1, 0.15) is 0 Å². The van der Waals surface area contributed by atoms with Gasteiger partial charge >= 0.3 is 6.09 Å². The lowest BCUT2D eigenvalue weighted by Crippen LogP contribution is -2.49. The van der Waals surface area contributed by atoms with Crippen LogP contribution in [0.5, 0.6) is 0 Å². The molecule has 0 aromatic heterocycles. The summed E-state index contributed by atoms with van der Waals surface area (Å²) in [6.45, 7) is 7.13. The molecule has 1 amide bonds. The number of carbonyl (C=O) groups is 1. The molecule has 2 aromatic carbocycles. The van der Waals surface area contributed by atoms with Crippen molar-refractivity contribution in [3.05, 3.63) is 70.7 Å². The monoisotopic (exact) mass is 430 g/mol. The molecule has 3 rings (SSSR count). The largest absolute Gasteiger partial charge is 0.450 e. The fourth-order valence-electron chi connectivity index (χ4n) is 3.66. The van der Waals surface area contributed by atoms with E-state index >= 15 is 0 Å². The molecule has 30 heavy (non-hydrogen) atoms. The lowest BCUT2D eigenvalue weighted by molar-refractivity contribution is 0.0406. The first-order chi connectivity index (χ1) is 14.7. The molecule has 0 N–H and O–H groups in total. The number of ether oxygens (including phenoxy) is 2. The van der Waals surface area contributed by atoms with Gasteiger partial charge in [-0.2, -0.15) is 0 Å². The van der Waals surface area contributed by atoms with Crippen LogP contribution in [-0.2, 0) is 15.9 Å². The number of halogens is 1. The van der Waals surface area contributed by atoms with Crippen molar-refractivity contribution in [2.75, 3.05) is 45.9 Å². The average molecular weight is 431 g/mol. The van der Waals surface area contributed by atoms with E-state index < -0.39 is 0 Å². The highest BCUT2D eigenvalue weighted by Crippen LogP contribution is 2.24. The van der Waals surface area contributed by atoms with Gasteiger partial charge in [0.05, 0.1) is 12.7 Å². The van der Waals surface area contributed by atoms with E-state index in [0.717, 1.165) is 56.2 Å². The minimum atomic E-state index is -0.202. The summed E-state index contributed by atoms with van der Waals surface area (Å²) < 4.78 is 11.4. The van der Waals surface area contributed by atoms with Crippen molar-refractivity contribution in [3.63, 3.8) is 0 Å². The summed E-state index contributed by atoms with van der Waals surface area (Å²) in [5, 5.41) is 0.735. The van der Waals surface area contributed by atoms with Crippen LogP contribution in [0.3, 0.4) is 0 Å². The number of benzene rings is 2. The van der Waals surface area contributed by atoms with Crippen molar-refractivity contribution >= 4 is 17.7 Å². The lowest BCUT2D eigenvalue weighted by atomic mass is 10.0. The Balaban J connectivity index is 1.45. The summed E-state index contributed by atoms with van der Waals surface area (Å²) in [7, 11) is 0. The van der Waals surface area contributed by atoms with Gasteiger partial charge in [-0.3, -0.25) is 4.90 Å². The highest BCUT2D eigenvalue weighted by molar-refractivity contribution is 6.30. The van der Waals surface area contributed by atoms with E-state index in [1.165, 1.54) is 5.56 Å². The highest BCUT2D eigenvalue weighted by Gasteiger charge is 2.21. The van der Waals surface area contributed by atoms with Crippen molar-refractivity contribution in [1.82, 2.24) is 9.80 Å². The average Bonchev–Trinajstić information content (AvgIpc) is 2.78. The quantitative estimate of drug-likeness (QED) is 0.535.